The van der Waals surface area contributed by atoms with Crippen LogP contribution in [-0.2, 0) is 16.1 Å². The van der Waals surface area contributed by atoms with Gasteiger partial charge in [-0.2, -0.15) is 0 Å². The Labute approximate surface area is 155 Å². The lowest BCUT2D eigenvalue weighted by atomic mass is 10.1. The molecule has 0 unspecified atom stereocenters. The zero-order valence-corrected chi connectivity index (χ0v) is 16.8. The van der Waals surface area contributed by atoms with Crippen molar-refractivity contribution >= 4 is 12.0 Å². The lowest BCUT2D eigenvalue weighted by molar-refractivity contribution is -0.130. The fraction of sp³-hybridized carbons (Fsp3) is 0.579. The first kappa shape index (κ1) is 21.6. The van der Waals surface area contributed by atoms with E-state index in [2.05, 4.69) is 5.32 Å². The summed E-state index contributed by atoms with van der Waals surface area (Å²) in [7, 11) is 4.89. The molecule has 1 N–H and O–H groups in total. The van der Waals surface area contributed by atoms with Crippen molar-refractivity contribution in [2.45, 2.75) is 46.3 Å². The number of carbonyl (C=O) groups excluding carboxylic acids is 2. The molecule has 7 nitrogen and oxygen atoms in total. The van der Waals surface area contributed by atoms with E-state index in [0.717, 1.165) is 11.1 Å². The average molecular weight is 366 g/mol. The lowest BCUT2D eigenvalue weighted by Gasteiger charge is -2.21. The van der Waals surface area contributed by atoms with Crippen molar-refractivity contribution in [3.05, 3.63) is 23.3 Å². The predicted molar refractivity (Wildman–Crippen MR) is 99.6 cm³/mol. The van der Waals surface area contributed by atoms with Crippen LogP contribution >= 0.6 is 0 Å². The molecule has 146 valence electrons. The zero-order chi connectivity index (χ0) is 19.9. The number of carbonyl (C=O) groups is 2. The van der Waals surface area contributed by atoms with Gasteiger partial charge in [-0.25, -0.2) is 4.79 Å². The van der Waals surface area contributed by atoms with Crippen molar-refractivity contribution in [3.8, 4) is 11.5 Å². The zero-order valence-electron chi connectivity index (χ0n) is 16.8. The Hall–Kier alpha value is -2.44. The van der Waals surface area contributed by atoms with Gasteiger partial charge in [0, 0.05) is 26.6 Å². The van der Waals surface area contributed by atoms with Gasteiger partial charge >= 0.3 is 6.09 Å². The highest BCUT2D eigenvalue weighted by Gasteiger charge is 2.17. The number of rotatable bonds is 7. The van der Waals surface area contributed by atoms with Crippen molar-refractivity contribution in [1.29, 1.82) is 0 Å². The largest absolute Gasteiger partial charge is 0.493 e. The minimum absolute atomic E-state index is 0.0738. The third kappa shape index (κ3) is 6.82. The first-order valence-corrected chi connectivity index (χ1v) is 8.49. The van der Waals surface area contributed by atoms with Gasteiger partial charge < -0.3 is 24.4 Å². The number of ether oxygens (including phenoxy) is 3. The van der Waals surface area contributed by atoms with Gasteiger partial charge in [0.1, 0.15) is 5.60 Å². The van der Waals surface area contributed by atoms with E-state index >= 15 is 0 Å². The Bertz CT molecular complexity index is 638. The molecule has 1 aromatic carbocycles. The van der Waals surface area contributed by atoms with Gasteiger partial charge in [-0.15, -0.1) is 0 Å². The molecule has 0 heterocycles. The Morgan fingerprint density at radius 3 is 2.23 bits per heavy atom. The van der Waals surface area contributed by atoms with E-state index < -0.39 is 11.7 Å². The number of hydrogen-bond acceptors (Lipinski definition) is 5. The minimum Gasteiger partial charge on any atom is -0.493 e. The Morgan fingerprint density at radius 2 is 1.69 bits per heavy atom. The van der Waals surface area contributed by atoms with Gasteiger partial charge in [0.25, 0.3) is 0 Å². The summed E-state index contributed by atoms with van der Waals surface area (Å²) in [4.78, 5) is 25.5. The third-order valence-electron chi connectivity index (χ3n) is 3.68. The van der Waals surface area contributed by atoms with Crippen LogP contribution in [0.1, 0.15) is 38.3 Å². The summed E-state index contributed by atoms with van der Waals surface area (Å²) in [5, 5.41) is 2.59. The summed E-state index contributed by atoms with van der Waals surface area (Å²) in [5.41, 5.74) is 1.42. The van der Waals surface area contributed by atoms with Crippen molar-refractivity contribution in [1.82, 2.24) is 10.2 Å². The molecular formula is C19H30N2O5. The molecule has 0 spiro atoms. The number of nitrogens with zero attached hydrogens (tertiary/aromatic N) is 1. The molecule has 1 aromatic rings. The van der Waals surface area contributed by atoms with Gasteiger partial charge in [0.15, 0.2) is 11.5 Å². The molecule has 0 aromatic heterocycles. The maximum Gasteiger partial charge on any atom is 0.407 e. The van der Waals surface area contributed by atoms with Gasteiger partial charge in [0.2, 0.25) is 5.91 Å². The summed E-state index contributed by atoms with van der Waals surface area (Å²) in [5.74, 6) is 1.21. The lowest BCUT2D eigenvalue weighted by Crippen LogP contribution is -2.35. The third-order valence-corrected chi connectivity index (χ3v) is 3.68. The Morgan fingerprint density at radius 1 is 1.12 bits per heavy atom. The second-order valence-corrected chi connectivity index (χ2v) is 7.06. The fourth-order valence-corrected chi connectivity index (χ4v) is 2.31. The molecule has 0 saturated heterocycles. The Balaban J connectivity index is 2.58. The van der Waals surface area contributed by atoms with Crippen LogP contribution in [0, 0.1) is 6.92 Å². The van der Waals surface area contributed by atoms with Crippen molar-refractivity contribution < 1.29 is 23.8 Å². The van der Waals surface area contributed by atoms with E-state index in [1.807, 2.05) is 19.1 Å². The highest BCUT2D eigenvalue weighted by molar-refractivity contribution is 5.77. The summed E-state index contributed by atoms with van der Waals surface area (Å²) >= 11 is 0. The molecule has 2 amide bonds. The number of methoxy groups -OCH3 is 2. The van der Waals surface area contributed by atoms with E-state index in [1.54, 1.807) is 46.9 Å². The van der Waals surface area contributed by atoms with E-state index in [1.165, 1.54) is 0 Å². The van der Waals surface area contributed by atoms with Crippen molar-refractivity contribution in [2.75, 3.05) is 27.8 Å². The first-order chi connectivity index (χ1) is 12.1. The van der Waals surface area contributed by atoms with Crippen LogP contribution in [0.15, 0.2) is 12.1 Å². The topological polar surface area (TPSA) is 77.1 Å². The number of nitrogens with one attached hydrogen (secondary N) is 1. The number of hydrogen-bond donors (Lipinski definition) is 1. The molecule has 0 bridgehead atoms. The molecular weight excluding hydrogens is 336 g/mol. The average Bonchev–Trinajstić information content (AvgIpc) is 2.54. The molecule has 1 rings (SSSR count). The summed E-state index contributed by atoms with van der Waals surface area (Å²) < 4.78 is 15.7. The molecule has 26 heavy (non-hydrogen) atoms. The molecule has 0 saturated carbocycles. The van der Waals surface area contributed by atoms with Crippen molar-refractivity contribution in [3.63, 3.8) is 0 Å². The number of alkyl carbamates (subject to hydrolysis) is 1. The maximum atomic E-state index is 12.3. The van der Waals surface area contributed by atoms with Crippen LogP contribution in [-0.4, -0.2) is 50.3 Å². The van der Waals surface area contributed by atoms with Gasteiger partial charge in [-0.1, -0.05) is 0 Å². The standard InChI is InChI=1S/C19H30N2O5/c1-13-10-15(24-6)16(25-7)11-14(13)12-21(5)17(22)8-9-20-18(23)26-19(2,3)4/h10-11H,8-9,12H2,1-7H3,(H,20,23). The van der Waals surface area contributed by atoms with Gasteiger partial charge in [-0.3, -0.25) is 4.79 Å². The Kier molecular flexibility index (Phi) is 7.74. The smallest absolute Gasteiger partial charge is 0.407 e. The second-order valence-electron chi connectivity index (χ2n) is 7.06. The first-order valence-electron chi connectivity index (χ1n) is 8.49. The predicted octanol–water partition coefficient (Wildman–Crippen LogP) is 2.89. The van der Waals surface area contributed by atoms with Gasteiger partial charge in [0.05, 0.1) is 14.2 Å². The maximum absolute atomic E-state index is 12.3. The van der Waals surface area contributed by atoms with E-state index in [0.29, 0.717) is 18.0 Å². The van der Waals surface area contributed by atoms with Crippen LogP contribution in [0.5, 0.6) is 11.5 Å². The molecule has 7 heteroatoms. The van der Waals surface area contributed by atoms with E-state index in [4.69, 9.17) is 14.2 Å². The molecule has 0 aliphatic rings. The normalized spacial score (nSPS) is 10.9. The number of amides is 2. The van der Waals surface area contributed by atoms with Crippen LogP contribution in [0.3, 0.4) is 0 Å². The molecule has 0 radical (unpaired) electrons. The molecule has 0 aliphatic carbocycles. The molecule has 0 atom stereocenters. The van der Waals surface area contributed by atoms with E-state index in [9.17, 15) is 9.59 Å². The number of benzene rings is 1. The van der Waals surface area contributed by atoms with Gasteiger partial charge in [-0.05, 0) is 51.0 Å². The summed E-state index contributed by atoms with van der Waals surface area (Å²) in [6.07, 6.45) is -0.328. The van der Waals surface area contributed by atoms with Crippen LogP contribution in [0.2, 0.25) is 0 Å². The number of aryl methyl sites for hydroxylation is 1. The summed E-state index contributed by atoms with van der Waals surface area (Å²) in [6.45, 7) is 7.99. The molecule has 0 aliphatic heterocycles. The minimum atomic E-state index is -0.560. The second kappa shape index (κ2) is 9.31. The van der Waals surface area contributed by atoms with Crippen LogP contribution in [0.25, 0.3) is 0 Å². The highest BCUT2D eigenvalue weighted by atomic mass is 16.6. The SMILES string of the molecule is COc1cc(C)c(CN(C)C(=O)CCNC(=O)OC(C)(C)C)cc1OC. The van der Waals surface area contributed by atoms with Crippen molar-refractivity contribution in [2.24, 2.45) is 0 Å². The van der Waals surface area contributed by atoms with Crippen LogP contribution in [0.4, 0.5) is 4.79 Å². The highest BCUT2D eigenvalue weighted by Crippen LogP contribution is 2.30. The fourth-order valence-electron chi connectivity index (χ4n) is 2.31. The van der Waals surface area contributed by atoms with Crippen LogP contribution < -0.4 is 14.8 Å². The van der Waals surface area contributed by atoms with E-state index in [-0.39, 0.29) is 18.9 Å². The monoisotopic (exact) mass is 366 g/mol. The summed E-state index contributed by atoms with van der Waals surface area (Å²) in [6, 6.07) is 3.76. The molecule has 0 fully saturated rings. The quantitative estimate of drug-likeness (QED) is 0.803.